The summed E-state index contributed by atoms with van der Waals surface area (Å²) in [6, 6.07) is 0.322. The van der Waals surface area contributed by atoms with Crippen molar-refractivity contribution in [3.63, 3.8) is 0 Å². The van der Waals surface area contributed by atoms with Crippen LogP contribution >= 0.6 is 0 Å². The highest BCUT2D eigenvalue weighted by molar-refractivity contribution is 5.69. The van der Waals surface area contributed by atoms with E-state index in [4.69, 9.17) is 4.74 Å². The molecular weight excluding hydrogens is 202 g/mol. The molecule has 0 bridgehead atoms. The average molecular weight is 227 g/mol. The molecule has 1 aliphatic heterocycles. The summed E-state index contributed by atoms with van der Waals surface area (Å²) in [6.45, 7) is 13.1. The number of hydrogen-bond donors (Lipinski definition) is 0. The van der Waals surface area contributed by atoms with Crippen LogP contribution in [0.15, 0.2) is 0 Å². The Kier molecular flexibility index (Phi) is 3.56. The molecule has 3 nitrogen and oxygen atoms in total. The Balaban J connectivity index is 2.64. The molecule has 0 radical (unpaired) electrons. The number of carbonyl (C=O) groups excluding carboxylic acids is 1. The van der Waals surface area contributed by atoms with E-state index in [1.165, 1.54) is 0 Å². The summed E-state index contributed by atoms with van der Waals surface area (Å²) in [5, 5.41) is 0. The first-order valence-corrected chi connectivity index (χ1v) is 6.15. The van der Waals surface area contributed by atoms with Crippen molar-refractivity contribution in [2.75, 3.05) is 6.54 Å². The van der Waals surface area contributed by atoms with Gasteiger partial charge in [0.1, 0.15) is 5.60 Å². The van der Waals surface area contributed by atoms with Crippen LogP contribution in [0.2, 0.25) is 0 Å². The molecule has 1 atom stereocenters. The van der Waals surface area contributed by atoms with Crippen molar-refractivity contribution in [3.05, 3.63) is 0 Å². The molecule has 0 spiro atoms. The average Bonchev–Trinajstić information content (AvgIpc) is 2.48. The van der Waals surface area contributed by atoms with E-state index in [1.807, 2.05) is 18.7 Å². The van der Waals surface area contributed by atoms with Gasteiger partial charge in [-0.25, -0.2) is 4.79 Å². The lowest BCUT2D eigenvalue weighted by molar-refractivity contribution is -0.0542. The molecule has 0 aromatic carbocycles. The third-order valence-corrected chi connectivity index (χ3v) is 3.94. The summed E-state index contributed by atoms with van der Waals surface area (Å²) in [5.74, 6) is 0. The Hall–Kier alpha value is -0.730. The molecule has 1 saturated heterocycles. The Labute approximate surface area is 99.1 Å². The number of rotatable bonds is 1. The van der Waals surface area contributed by atoms with Crippen LogP contribution in [0.1, 0.15) is 54.4 Å². The van der Waals surface area contributed by atoms with Gasteiger partial charge in [0.15, 0.2) is 0 Å². The Morgan fingerprint density at radius 3 is 2.19 bits per heavy atom. The lowest BCUT2D eigenvalue weighted by atomic mass is 9.79. The number of amides is 1. The summed E-state index contributed by atoms with van der Waals surface area (Å²) in [7, 11) is 0. The standard InChI is InChI=1S/C13H25NO2/c1-10-8-7-9-14(10)11(15)16-13(5,6)12(2,3)4/h10H,7-9H2,1-6H3. The first-order valence-electron chi connectivity index (χ1n) is 6.15. The number of hydrogen-bond acceptors (Lipinski definition) is 2. The zero-order valence-electron chi connectivity index (χ0n) is 11.5. The second kappa shape index (κ2) is 4.27. The van der Waals surface area contributed by atoms with Gasteiger partial charge in [-0.1, -0.05) is 20.8 Å². The highest BCUT2D eigenvalue weighted by atomic mass is 16.6. The minimum Gasteiger partial charge on any atom is -0.443 e. The van der Waals surface area contributed by atoms with Gasteiger partial charge in [0.25, 0.3) is 0 Å². The Morgan fingerprint density at radius 1 is 1.25 bits per heavy atom. The highest BCUT2D eigenvalue weighted by Gasteiger charge is 2.39. The van der Waals surface area contributed by atoms with E-state index in [1.54, 1.807) is 0 Å². The van der Waals surface area contributed by atoms with Crippen molar-refractivity contribution < 1.29 is 9.53 Å². The molecule has 0 aromatic rings. The third kappa shape index (κ3) is 2.69. The highest BCUT2D eigenvalue weighted by Crippen LogP contribution is 2.34. The first-order chi connectivity index (χ1) is 7.15. The molecule has 3 heteroatoms. The van der Waals surface area contributed by atoms with Gasteiger partial charge >= 0.3 is 6.09 Å². The summed E-state index contributed by atoms with van der Waals surface area (Å²) < 4.78 is 5.64. The maximum absolute atomic E-state index is 12.0. The number of likely N-dealkylation sites (tertiary alicyclic amines) is 1. The van der Waals surface area contributed by atoms with Gasteiger partial charge in [0, 0.05) is 18.0 Å². The molecule has 16 heavy (non-hydrogen) atoms. The second-order valence-corrected chi connectivity index (χ2v) is 6.31. The Morgan fingerprint density at radius 2 is 1.81 bits per heavy atom. The SMILES string of the molecule is CC1CCCN1C(=O)OC(C)(C)C(C)(C)C. The summed E-state index contributed by atoms with van der Waals surface area (Å²) in [4.78, 5) is 13.9. The second-order valence-electron chi connectivity index (χ2n) is 6.31. The predicted octanol–water partition coefficient (Wildman–Crippen LogP) is 3.43. The van der Waals surface area contributed by atoms with Crippen LogP contribution in [0.5, 0.6) is 0 Å². The third-order valence-electron chi connectivity index (χ3n) is 3.94. The zero-order chi connectivity index (χ0) is 12.6. The topological polar surface area (TPSA) is 29.5 Å². The fourth-order valence-corrected chi connectivity index (χ4v) is 1.63. The smallest absolute Gasteiger partial charge is 0.410 e. The minimum atomic E-state index is -0.438. The zero-order valence-corrected chi connectivity index (χ0v) is 11.5. The van der Waals surface area contributed by atoms with E-state index in [9.17, 15) is 4.79 Å². The first kappa shape index (κ1) is 13.3. The molecule has 0 aromatic heterocycles. The molecular formula is C13H25NO2. The molecule has 1 amide bonds. The van der Waals surface area contributed by atoms with E-state index in [-0.39, 0.29) is 11.5 Å². The van der Waals surface area contributed by atoms with Gasteiger partial charge in [-0.2, -0.15) is 0 Å². The molecule has 0 saturated carbocycles. The van der Waals surface area contributed by atoms with Crippen molar-refractivity contribution in [2.24, 2.45) is 5.41 Å². The van der Waals surface area contributed by atoms with Gasteiger partial charge in [-0.3, -0.25) is 0 Å². The van der Waals surface area contributed by atoms with Crippen LogP contribution in [0.3, 0.4) is 0 Å². The van der Waals surface area contributed by atoms with E-state index >= 15 is 0 Å². The molecule has 94 valence electrons. The van der Waals surface area contributed by atoms with Gasteiger partial charge in [-0.15, -0.1) is 0 Å². The molecule has 1 aliphatic rings. The molecule has 0 N–H and O–H groups in total. The van der Waals surface area contributed by atoms with E-state index in [0.29, 0.717) is 6.04 Å². The quantitative estimate of drug-likeness (QED) is 0.687. The largest absolute Gasteiger partial charge is 0.443 e. The van der Waals surface area contributed by atoms with Gasteiger partial charge < -0.3 is 9.64 Å². The normalized spacial score (nSPS) is 22.4. The monoisotopic (exact) mass is 227 g/mol. The molecule has 1 fully saturated rings. The summed E-state index contributed by atoms with van der Waals surface area (Å²) in [5.41, 5.74) is -0.488. The molecule has 0 aliphatic carbocycles. The van der Waals surface area contributed by atoms with Crippen molar-refractivity contribution in [3.8, 4) is 0 Å². The maximum Gasteiger partial charge on any atom is 0.410 e. The van der Waals surface area contributed by atoms with Gasteiger partial charge in [-0.05, 0) is 33.6 Å². The lowest BCUT2D eigenvalue weighted by Gasteiger charge is -2.39. The van der Waals surface area contributed by atoms with Crippen LogP contribution < -0.4 is 0 Å². The summed E-state index contributed by atoms with van der Waals surface area (Å²) >= 11 is 0. The van der Waals surface area contributed by atoms with Crippen LogP contribution in [0.4, 0.5) is 4.79 Å². The van der Waals surface area contributed by atoms with Crippen LogP contribution in [-0.2, 0) is 4.74 Å². The van der Waals surface area contributed by atoms with Crippen molar-refractivity contribution >= 4 is 6.09 Å². The molecule has 1 rings (SSSR count). The van der Waals surface area contributed by atoms with E-state index < -0.39 is 5.60 Å². The summed E-state index contributed by atoms with van der Waals surface area (Å²) in [6.07, 6.45) is 2.02. The van der Waals surface area contributed by atoms with E-state index in [2.05, 4.69) is 27.7 Å². The van der Waals surface area contributed by atoms with Crippen molar-refractivity contribution in [1.29, 1.82) is 0 Å². The lowest BCUT2D eigenvalue weighted by Crippen LogP contribution is -2.46. The minimum absolute atomic E-state index is 0.0500. The van der Waals surface area contributed by atoms with Crippen LogP contribution in [0.25, 0.3) is 0 Å². The van der Waals surface area contributed by atoms with Crippen LogP contribution in [0, 0.1) is 5.41 Å². The fourth-order valence-electron chi connectivity index (χ4n) is 1.63. The fraction of sp³-hybridized carbons (Fsp3) is 0.923. The maximum atomic E-state index is 12.0. The molecule has 1 heterocycles. The Bertz CT molecular complexity index is 266. The van der Waals surface area contributed by atoms with E-state index in [0.717, 1.165) is 19.4 Å². The molecule has 1 unspecified atom stereocenters. The van der Waals surface area contributed by atoms with Crippen molar-refractivity contribution in [1.82, 2.24) is 4.90 Å². The van der Waals surface area contributed by atoms with Crippen molar-refractivity contribution in [2.45, 2.75) is 66.0 Å². The number of nitrogens with zero attached hydrogens (tertiary/aromatic N) is 1. The number of ether oxygens (including phenoxy) is 1. The van der Waals surface area contributed by atoms with Crippen LogP contribution in [-0.4, -0.2) is 29.2 Å². The van der Waals surface area contributed by atoms with Gasteiger partial charge in [0.05, 0.1) is 0 Å². The number of carbonyl (C=O) groups is 1. The predicted molar refractivity (Wildman–Crippen MR) is 65.4 cm³/mol. The van der Waals surface area contributed by atoms with Gasteiger partial charge in [0.2, 0.25) is 0 Å².